The summed E-state index contributed by atoms with van der Waals surface area (Å²) >= 11 is 0. The number of nitrogens with two attached hydrogens (primary N) is 1. The summed E-state index contributed by atoms with van der Waals surface area (Å²) in [5, 5.41) is 0. The van der Waals surface area contributed by atoms with E-state index < -0.39 is 22.7 Å². The summed E-state index contributed by atoms with van der Waals surface area (Å²) < 4.78 is 63.3. The van der Waals surface area contributed by atoms with E-state index in [-0.39, 0.29) is 22.7 Å². The molecule has 0 atom stereocenters. The van der Waals surface area contributed by atoms with Crippen molar-refractivity contribution < 1.29 is 21.6 Å². The van der Waals surface area contributed by atoms with Crippen molar-refractivity contribution in [2.45, 2.75) is 37.8 Å². The summed E-state index contributed by atoms with van der Waals surface area (Å²) in [6.45, 7) is 1.59. The van der Waals surface area contributed by atoms with Gasteiger partial charge in [0.05, 0.1) is 4.90 Å². The van der Waals surface area contributed by atoms with Crippen LogP contribution in [0.4, 0.5) is 18.9 Å². The van der Waals surface area contributed by atoms with Crippen LogP contribution in [0.5, 0.6) is 0 Å². The first-order valence-corrected chi connectivity index (χ1v) is 7.95. The van der Waals surface area contributed by atoms with E-state index in [1.165, 1.54) is 25.1 Å². The van der Waals surface area contributed by atoms with E-state index in [4.69, 9.17) is 5.73 Å². The fraction of sp³-hybridized carbons (Fsp3) is 0.538. The van der Waals surface area contributed by atoms with Crippen LogP contribution in [0.3, 0.4) is 0 Å². The largest absolute Gasteiger partial charge is 0.402 e. The lowest BCUT2D eigenvalue weighted by Gasteiger charge is -2.24. The van der Waals surface area contributed by atoms with Gasteiger partial charge in [-0.3, -0.25) is 0 Å². The molecule has 0 radical (unpaired) electrons. The summed E-state index contributed by atoms with van der Waals surface area (Å²) in [5.74, 6) is 0. The lowest BCUT2D eigenvalue weighted by molar-refractivity contribution is -0.136. The van der Waals surface area contributed by atoms with Crippen molar-refractivity contribution in [3.05, 3.63) is 23.8 Å². The number of hydrogen-bond acceptors (Lipinski definition) is 3. The van der Waals surface area contributed by atoms with Crippen molar-refractivity contribution in [1.82, 2.24) is 4.31 Å². The molecule has 1 rings (SSSR count). The van der Waals surface area contributed by atoms with Crippen LogP contribution in [0, 0.1) is 6.92 Å². The van der Waals surface area contributed by atoms with Crippen molar-refractivity contribution in [2.75, 3.05) is 18.8 Å². The van der Waals surface area contributed by atoms with E-state index in [1.807, 2.05) is 0 Å². The Morgan fingerprint density at radius 1 is 1.29 bits per heavy atom. The van der Waals surface area contributed by atoms with Crippen LogP contribution in [-0.4, -0.2) is 32.0 Å². The second-order valence-electron chi connectivity index (χ2n) is 4.78. The number of sulfonamides is 1. The Bertz CT molecular complexity index is 586. The fourth-order valence-corrected chi connectivity index (χ4v) is 3.59. The van der Waals surface area contributed by atoms with Crippen LogP contribution < -0.4 is 5.73 Å². The second-order valence-corrected chi connectivity index (χ2v) is 6.68. The molecule has 8 heteroatoms. The smallest absolute Gasteiger partial charge is 0.398 e. The van der Waals surface area contributed by atoms with E-state index in [9.17, 15) is 21.6 Å². The highest BCUT2D eigenvalue weighted by Crippen LogP contribution is 2.27. The molecule has 1 aromatic rings. The standard InChI is InChI=1S/C13H19F3N2O2S/c1-3-4-8-18(9-13(14,15)16)21(19,20)12-7-5-6-11(17)10(12)2/h5-7H,3-4,8-9,17H2,1-2H3. The molecule has 0 amide bonds. The number of alkyl halides is 3. The number of halogens is 3. The highest BCUT2D eigenvalue weighted by Gasteiger charge is 2.37. The molecule has 0 fully saturated rings. The molecule has 0 aliphatic heterocycles. The predicted octanol–water partition coefficient (Wildman–Crippen LogP) is 2.93. The van der Waals surface area contributed by atoms with E-state index in [2.05, 4.69) is 0 Å². The molecule has 0 spiro atoms. The maximum Gasteiger partial charge on any atom is 0.402 e. The van der Waals surface area contributed by atoms with Gasteiger partial charge in [0.15, 0.2) is 0 Å². The van der Waals surface area contributed by atoms with Crippen molar-refractivity contribution in [3.8, 4) is 0 Å². The average Bonchev–Trinajstić information content (AvgIpc) is 2.36. The molecule has 0 saturated heterocycles. The number of benzene rings is 1. The van der Waals surface area contributed by atoms with Gasteiger partial charge >= 0.3 is 6.18 Å². The van der Waals surface area contributed by atoms with Crippen LogP contribution in [0.15, 0.2) is 23.1 Å². The summed E-state index contributed by atoms with van der Waals surface area (Å²) in [6, 6.07) is 4.20. The van der Waals surface area contributed by atoms with Gasteiger partial charge in [0.25, 0.3) is 0 Å². The zero-order valence-electron chi connectivity index (χ0n) is 11.9. The van der Waals surface area contributed by atoms with Crippen LogP contribution in [0.2, 0.25) is 0 Å². The third-order valence-electron chi connectivity index (χ3n) is 3.06. The molecule has 0 bridgehead atoms. The first kappa shape index (κ1) is 17.8. The van der Waals surface area contributed by atoms with Crippen LogP contribution in [0.1, 0.15) is 25.3 Å². The molecule has 0 aliphatic carbocycles. The Hall–Kier alpha value is -1.28. The molecule has 0 aromatic heterocycles. The van der Waals surface area contributed by atoms with E-state index >= 15 is 0 Å². The number of rotatable bonds is 6. The quantitative estimate of drug-likeness (QED) is 0.818. The predicted molar refractivity (Wildman–Crippen MR) is 75.3 cm³/mol. The Kier molecular flexibility index (Phi) is 5.63. The molecule has 1 aromatic carbocycles. The Morgan fingerprint density at radius 2 is 1.90 bits per heavy atom. The van der Waals surface area contributed by atoms with Gasteiger partial charge in [-0.05, 0) is 31.0 Å². The third-order valence-corrected chi connectivity index (χ3v) is 5.05. The molecule has 0 unspecified atom stereocenters. The van der Waals surface area contributed by atoms with E-state index in [0.29, 0.717) is 17.1 Å². The molecule has 0 heterocycles. The average molecular weight is 324 g/mol. The maximum absolute atomic E-state index is 12.6. The van der Waals surface area contributed by atoms with Gasteiger partial charge in [-0.15, -0.1) is 0 Å². The number of nitrogen functional groups attached to an aromatic ring is 1. The van der Waals surface area contributed by atoms with Gasteiger partial charge in [0.1, 0.15) is 6.54 Å². The summed E-state index contributed by atoms with van der Waals surface area (Å²) in [4.78, 5) is -0.178. The van der Waals surface area contributed by atoms with Gasteiger partial charge in [-0.25, -0.2) is 8.42 Å². The lowest BCUT2D eigenvalue weighted by Crippen LogP contribution is -2.39. The van der Waals surface area contributed by atoms with Gasteiger partial charge < -0.3 is 5.73 Å². The van der Waals surface area contributed by atoms with Crippen LogP contribution in [-0.2, 0) is 10.0 Å². The number of anilines is 1. The van der Waals surface area contributed by atoms with Gasteiger partial charge in [-0.1, -0.05) is 19.4 Å². The van der Waals surface area contributed by atoms with Gasteiger partial charge in [0, 0.05) is 12.2 Å². The van der Waals surface area contributed by atoms with E-state index in [0.717, 1.165) is 0 Å². The zero-order chi connectivity index (χ0) is 16.3. The number of nitrogens with zero attached hydrogens (tertiary/aromatic N) is 1. The zero-order valence-corrected chi connectivity index (χ0v) is 12.8. The van der Waals surface area contributed by atoms with Crippen molar-refractivity contribution >= 4 is 15.7 Å². The molecular formula is C13H19F3N2O2S. The summed E-state index contributed by atoms with van der Waals surface area (Å²) in [6.07, 6.45) is -3.63. The number of hydrogen-bond donors (Lipinski definition) is 1. The molecule has 0 saturated carbocycles. The minimum absolute atomic E-state index is 0.174. The molecule has 0 aliphatic rings. The molecule has 4 nitrogen and oxygen atoms in total. The Morgan fingerprint density at radius 3 is 2.43 bits per heavy atom. The Labute approximate surface area is 122 Å². The molecule has 2 N–H and O–H groups in total. The summed E-state index contributed by atoms with van der Waals surface area (Å²) in [5.41, 5.74) is 6.14. The van der Waals surface area contributed by atoms with Crippen LogP contribution >= 0.6 is 0 Å². The highest BCUT2D eigenvalue weighted by molar-refractivity contribution is 7.89. The lowest BCUT2D eigenvalue weighted by atomic mass is 10.2. The molecular weight excluding hydrogens is 305 g/mol. The van der Waals surface area contributed by atoms with Gasteiger partial charge in [0.2, 0.25) is 10.0 Å². The van der Waals surface area contributed by atoms with E-state index in [1.54, 1.807) is 6.92 Å². The second kappa shape index (κ2) is 6.65. The topological polar surface area (TPSA) is 63.4 Å². The fourth-order valence-electron chi connectivity index (χ4n) is 1.87. The van der Waals surface area contributed by atoms with Crippen molar-refractivity contribution in [1.29, 1.82) is 0 Å². The molecule has 21 heavy (non-hydrogen) atoms. The van der Waals surface area contributed by atoms with Crippen LogP contribution in [0.25, 0.3) is 0 Å². The third kappa shape index (κ3) is 4.60. The minimum atomic E-state index is -4.59. The van der Waals surface area contributed by atoms with Gasteiger partial charge in [-0.2, -0.15) is 17.5 Å². The normalized spacial score (nSPS) is 12.9. The number of unbranched alkanes of at least 4 members (excludes halogenated alkanes) is 1. The first-order chi connectivity index (χ1) is 9.59. The summed E-state index contributed by atoms with van der Waals surface area (Å²) in [7, 11) is -4.23. The molecule has 120 valence electrons. The maximum atomic E-state index is 12.6. The highest BCUT2D eigenvalue weighted by atomic mass is 32.2. The van der Waals surface area contributed by atoms with Crippen molar-refractivity contribution in [3.63, 3.8) is 0 Å². The van der Waals surface area contributed by atoms with Crippen molar-refractivity contribution in [2.24, 2.45) is 0 Å². The monoisotopic (exact) mass is 324 g/mol. The Balaban J connectivity index is 3.23. The SMILES string of the molecule is CCCCN(CC(F)(F)F)S(=O)(=O)c1cccc(N)c1C. The first-order valence-electron chi connectivity index (χ1n) is 6.51. The minimum Gasteiger partial charge on any atom is -0.398 e.